The maximum absolute atomic E-state index is 9.36. The molecular weight excluding hydrogens is 258 g/mol. The summed E-state index contributed by atoms with van der Waals surface area (Å²) in [5.74, 6) is 0. The van der Waals surface area contributed by atoms with Crippen LogP contribution in [0.5, 0.6) is 0 Å². The number of hydrogen-bond donors (Lipinski definition) is 1. The molecule has 1 rings (SSSR count). The van der Waals surface area contributed by atoms with Crippen molar-refractivity contribution in [3.8, 4) is 6.07 Å². The molecule has 1 aromatic carbocycles. The van der Waals surface area contributed by atoms with E-state index >= 15 is 0 Å². The first kappa shape index (κ1) is 17.7. The summed E-state index contributed by atoms with van der Waals surface area (Å²) in [6, 6.07) is 10.5. The van der Waals surface area contributed by atoms with E-state index in [1.165, 1.54) is 5.56 Å². The summed E-state index contributed by atoms with van der Waals surface area (Å²) >= 11 is 0. The normalized spacial score (nSPS) is 13.2. The predicted octanol–water partition coefficient (Wildman–Crippen LogP) is 3.48. The zero-order valence-electron chi connectivity index (χ0n) is 14.1. The molecule has 0 radical (unpaired) electrons. The molecule has 3 heteroatoms. The molecule has 0 bridgehead atoms. The highest BCUT2D eigenvalue weighted by atomic mass is 15.1. The van der Waals surface area contributed by atoms with E-state index in [9.17, 15) is 5.26 Å². The van der Waals surface area contributed by atoms with Crippen molar-refractivity contribution in [1.29, 1.82) is 5.26 Å². The fraction of sp³-hybridized carbons (Fsp3) is 0.611. The van der Waals surface area contributed by atoms with E-state index in [-0.39, 0.29) is 11.5 Å². The Bertz CT molecular complexity index is 447. The quantitative estimate of drug-likeness (QED) is 0.834. The van der Waals surface area contributed by atoms with Crippen molar-refractivity contribution in [2.24, 2.45) is 0 Å². The molecule has 0 saturated heterocycles. The van der Waals surface area contributed by atoms with Crippen molar-refractivity contribution in [3.05, 3.63) is 35.4 Å². The van der Waals surface area contributed by atoms with Crippen molar-refractivity contribution in [2.75, 3.05) is 26.2 Å². The molecule has 21 heavy (non-hydrogen) atoms. The van der Waals surface area contributed by atoms with Crippen molar-refractivity contribution < 1.29 is 0 Å². The van der Waals surface area contributed by atoms with Gasteiger partial charge in [0.1, 0.15) is 6.04 Å². The summed E-state index contributed by atoms with van der Waals surface area (Å²) in [6.45, 7) is 14.8. The number of rotatable bonds is 7. The number of nitrogens with zero attached hydrogens (tertiary/aromatic N) is 2. The molecule has 0 aliphatic heterocycles. The first-order chi connectivity index (χ1) is 9.92. The minimum Gasteiger partial charge on any atom is -0.303 e. The van der Waals surface area contributed by atoms with Gasteiger partial charge in [-0.3, -0.25) is 5.32 Å². The zero-order chi connectivity index (χ0) is 15.9. The van der Waals surface area contributed by atoms with Crippen LogP contribution < -0.4 is 5.32 Å². The molecule has 0 aliphatic rings. The first-order valence-electron chi connectivity index (χ1n) is 7.88. The van der Waals surface area contributed by atoms with E-state index < -0.39 is 0 Å². The molecule has 0 spiro atoms. The van der Waals surface area contributed by atoms with Crippen LogP contribution in [-0.4, -0.2) is 31.1 Å². The predicted molar refractivity (Wildman–Crippen MR) is 89.3 cm³/mol. The topological polar surface area (TPSA) is 39.1 Å². The average molecular weight is 287 g/mol. The minimum absolute atomic E-state index is 0.150. The molecule has 0 aromatic heterocycles. The molecule has 0 aliphatic carbocycles. The highest BCUT2D eigenvalue weighted by Gasteiger charge is 2.15. The van der Waals surface area contributed by atoms with Crippen LogP contribution in [0.15, 0.2) is 24.3 Å². The molecular formula is C18H29N3. The lowest BCUT2D eigenvalue weighted by Crippen LogP contribution is -2.33. The van der Waals surface area contributed by atoms with Gasteiger partial charge in [0.2, 0.25) is 0 Å². The number of likely N-dealkylation sites (N-methyl/N-ethyl adjacent to an activating group) is 1. The summed E-state index contributed by atoms with van der Waals surface area (Å²) in [4.78, 5) is 2.35. The van der Waals surface area contributed by atoms with Crippen LogP contribution in [0.1, 0.15) is 51.8 Å². The van der Waals surface area contributed by atoms with Gasteiger partial charge in [0.05, 0.1) is 6.07 Å². The van der Waals surface area contributed by atoms with Crippen LogP contribution >= 0.6 is 0 Å². The smallest absolute Gasteiger partial charge is 0.121 e. The van der Waals surface area contributed by atoms with E-state index in [4.69, 9.17) is 0 Å². The van der Waals surface area contributed by atoms with E-state index in [0.717, 1.165) is 31.7 Å². The van der Waals surface area contributed by atoms with Gasteiger partial charge in [0.15, 0.2) is 0 Å². The lowest BCUT2D eigenvalue weighted by Gasteiger charge is -2.21. The van der Waals surface area contributed by atoms with Crippen molar-refractivity contribution >= 4 is 0 Å². The van der Waals surface area contributed by atoms with Crippen LogP contribution in [0.3, 0.4) is 0 Å². The molecule has 116 valence electrons. The molecule has 0 heterocycles. The van der Waals surface area contributed by atoms with E-state index in [1.54, 1.807) is 0 Å². The number of hydrogen-bond acceptors (Lipinski definition) is 3. The number of nitriles is 1. The summed E-state index contributed by atoms with van der Waals surface area (Å²) in [7, 11) is 0. The highest BCUT2D eigenvalue weighted by Crippen LogP contribution is 2.23. The molecule has 1 N–H and O–H groups in total. The largest absolute Gasteiger partial charge is 0.303 e. The minimum atomic E-state index is -0.227. The van der Waals surface area contributed by atoms with Gasteiger partial charge in [-0.15, -0.1) is 0 Å². The molecule has 1 aromatic rings. The monoisotopic (exact) mass is 287 g/mol. The van der Waals surface area contributed by atoms with Crippen molar-refractivity contribution in [1.82, 2.24) is 10.2 Å². The Balaban J connectivity index is 2.63. The van der Waals surface area contributed by atoms with Gasteiger partial charge in [-0.25, -0.2) is 0 Å². The first-order valence-corrected chi connectivity index (χ1v) is 7.88. The summed E-state index contributed by atoms with van der Waals surface area (Å²) < 4.78 is 0. The van der Waals surface area contributed by atoms with Crippen LogP contribution in [0.2, 0.25) is 0 Å². The summed E-state index contributed by atoms with van der Waals surface area (Å²) in [5, 5.41) is 12.7. The fourth-order valence-corrected chi connectivity index (χ4v) is 2.32. The van der Waals surface area contributed by atoms with Crippen LogP contribution in [0, 0.1) is 11.3 Å². The highest BCUT2D eigenvalue weighted by molar-refractivity contribution is 5.31. The third-order valence-corrected chi connectivity index (χ3v) is 3.91. The Kier molecular flexibility index (Phi) is 6.87. The summed E-state index contributed by atoms with van der Waals surface area (Å²) in [6.07, 6.45) is 0. The molecule has 3 nitrogen and oxygen atoms in total. The van der Waals surface area contributed by atoms with Crippen molar-refractivity contribution in [2.45, 2.75) is 46.1 Å². The molecule has 0 fully saturated rings. The van der Waals surface area contributed by atoms with E-state index in [2.05, 4.69) is 75.2 Å². The van der Waals surface area contributed by atoms with Crippen LogP contribution in [0.25, 0.3) is 0 Å². The second kappa shape index (κ2) is 8.17. The third-order valence-electron chi connectivity index (χ3n) is 3.91. The second-order valence-electron chi connectivity index (χ2n) is 6.42. The maximum atomic E-state index is 9.36. The van der Waals surface area contributed by atoms with Gasteiger partial charge in [0, 0.05) is 13.1 Å². The van der Waals surface area contributed by atoms with Gasteiger partial charge >= 0.3 is 0 Å². The second-order valence-corrected chi connectivity index (χ2v) is 6.42. The molecule has 1 atom stereocenters. The Morgan fingerprint density at radius 1 is 1.14 bits per heavy atom. The summed E-state index contributed by atoms with van der Waals surface area (Å²) in [5.41, 5.74) is 2.49. The SMILES string of the molecule is CCN(CC)CCNC(C#N)c1ccc(C(C)(C)C)cc1. The van der Waals surface area contributed by atoms with Gasteiger partial charge in [-0.05, 0) is 29.6 Å². The van der Waals surface area contributed by atoms with Gasteiger partial charge in [-0.2, -0.15) is 5.26 Å². The maximum Gasteiger partial charge on any atom is 0.121 e. The zero-order valence-corrected chi connectivity index (χ0v) is 14.1. The number of nitrogens with one attached hydrogen (secondary N) is 1. The molecule has 1 unspecified atom stereocenters. The molecule has 0 amide bonds. The van der Waals surface area contributed by atoms with E-state index in [0.29, 0.717) is 0 Å². The Labute approximate surface area is 130 Å². The fourth-order valence-electron chi connectivity index (χ4n) is 2.32. The van der Waals surface area contributed by atoms with Gasteiger partial charge in [-0.1, -0.05) is 58.9 Å². The standard InChI is InChI=1S/C18H29N3/c1-6-21(7-2)13-12-20-17(14-19)15-8-10-16(11-9-15)18(3,4)5/h8-11,17,20H,6-7,12-13H2,1-5H3. The Morgan fingerprint density at radius 2 is 1.71 bits per heavy atom. The Hall–Kier alpha value is -1.37. The average Bonchev–Trinajstić information content (AvgIpc) is 2.47. The lowest BCUT2D eigenvalue weighted by molar-refractivity contribution is 0.300. The lowest BCUT2D eigenvalue weighted by atomic mass is 9.86. The third kappa shape index (κ3) is 5.49. The molecule has 0 saturated carbocycles. The van der Waals surface area contributed by atoms with Gasteiger partial charge in [0.25, 0.3) is 0 Å². The van der Waals surface area contributed by atoms with Crippen molar-refractivity contribution in [3.63, 3.8) is 0 Å². The number of benzene rings is 1. The van der Waals surface area contributed by atoms with Gasteiger partial charge < -0.3 is 4.90 Å². The van der Waals surface area contributed by atoms with E-state index in [1.807, 2.05) is 0 Å². The van der Waals surface area contributed by atoms with Crippen LogP contribution in [0.4, 0.5) is 0 Å². The Morgan fingerprint density at radius 3 is 2.14 bits per heavy atom. The van der Waals surface area contributed by atoms with Crippen LogP contribution in [-0.2, 0) is 5.41 Å².